The summed E-state index contributed by atoms with van der Waals surface area (Å²) in [6.07, 6.45) is 0.861. The van der Waals surface area contributed by atoms with Gasteiger partial charge in [0.15, 0.2) is 9.84 Å². The first kappa shape index (κ1) is 29.4. The Morgan fingerprint density at radius 2 is 1.51 bits per heavy atom. The smallest absolute Gasteiger partial charge is 0.416 e. The van der Waals surface area contributed by atoms with E-state index in [1.165, 1.54) is 0 Å². The van der Waals surface area contributed by atoms with E-state index in [0.29, 0.717) is 12.2 Å². The van der Waals surface area contributed by atoms with Crippen molar-refractivity contribution in [3.8, 4) is 16.9 Å². The van der Waals surface area contributed by atoms with Crippen LogP contribution in [-0.2, 0) is 40.5 Å². The average molecular weight is 607 g/mol. The van der Waals surface area contributed by atoms with Crippen molar-refractivity contribution >= 4 is 9.84 Å². The number of ether oxygens (including phenoxy) is 1. The molecule has 9 heteroatoms. The normalized spacial score (nSPS) is 16.9. The number of piperidine rings is 1. The molecule has 0 saturated carbocycles. The Hall–Kier alpha value is -3.69. The maximum absolute atomic E-state index is 12.9. The standard InChI is InChI=1S/C34H33F3N2O3S/c35-34(36,37)30-11-6-25(7-12-30)22-39-19-16-33(17-20-39)15-14-29-21-28(10-13-32(29)42-33)27-8-4-26(5-9-27)23-43(40,41)24-31-3-1-2-18-38-31/h1-13,18,21H,14-17,19-20,22-24H2. The number of alkyl halides is 3. The van der Waals surface area contributed by atoms with Crippen molar-refractivity contribution in [3.63, 3.8) is 0 Å². The molecular weight excluding hydrogens is 573 g/mol. The number of nitrogens with zero attached hydrogens (tertiary/aromatic N) is 2. The minimum Gasteiger partial charge on any atom is -0.487 e. The second-order valence-corrected chi connectivity index (χ2v) is 13.7. The Morgan fingerprint density at radius 1 is 0.814 bits per heavy atom. The molecule has 0 atom stereocenters. The van der Waals surface area contributed by atoms with E-state index in [1.54, 1.807) is 36.5 Å². The van der Waals surface area contributed by atoms with Crippen LogP contribution in [0.25, 0.3) is 11.1 Å². The lowest BCUT2D eigenvalue weighted by Gasteiger charge is -2.44. The van der Waals surface area contributed by atoms with Gasteiger partial charge in [-0.3, -0.25) is 9.88 Å². The maximum atomic E-state index is 12.9. The van der Waals surface area contributed by atoms with Crippen LogP contribution in [0, 0.1) is 0 Å². The molecule has 43 heavy (non-hydrogen) atoms. The van der Waals surface area contributed by atoms with Gasteiger partial charge in [-0.1, -0.05) is 48.5 Å². The molecule has 0 radical (unpaired) electrons. The SMILES string of the molecule is O=S(=O)(Cc1ccc(-c2ccc3c(c2)CCC2(CCN(Cc4ccc(C(F)(F)F)cc4)CC2)O3)cc1)Cc1ccccn1. The number of aromatic nitrogens is 1. The van der Waals surface area contributed by atoms with Crippen LogP contribution in [0.3, 0.4) is 0 Å². The number of halogens is 3. The number of hydrogen-bond acceptors (Lipinski definition) is 5. The summed E-state index contributed by atoms with van der Waals surface area (Å²) < 4.78 is 70.5. The van der Waals surface area contributed by atoms with Gasteiger partial charge in [-0.25, -0.2) is 8.42 Å². The van der Waals surface area contributed by atoms with Crippen molar-refractivity contribution in [1.82, 2.24) is 9.88 Å². The summed E-state index contributed by atoms with van der Waals surface area (Å²) in [4.78, 5) is 6.41. The number of aryl methyl sites for hydroxylation is 1. The van der Waals surface area contributed by atoms with Gasteiger partial charge in [0.05, 0.1) is 22.8 Å². The van der Waals surface area contributed by atoms with E-state index in [0.717, 1.165) is 84.5 Å². The summed E-state index contributed by atoms with van der Waals surface area (Å²) >= 11 is 0. The predicted molar refractivity (Wildman–Crippen MR) is 160 cm³/mol. The lowest BCUT2D eigenvalue weighted by atomic mass is 9.82. The molecule has 5 nitrogen and oxygen atoms in total. The second-order valence-electron chi connectivity index (χ2n) is 11.6. The van der Waals surface area contributed by atoms with Crippen LogP contribution in [0.2, 0.25) is 0 Å². The summed E-state index contributed by atoms with van der Waals surface area (Å²) in [5.41, 5.74) is 4.58. The average Bonchev–Trinajstić information content (AvgIpc) is 2.98. The van der Waals surface area contributed by atoms with Crippen molar-refractivity contribution in [2.75, 3.05) is 13.1 Å². The fourth-order valence-electron chi connectivity index (χ4n) is 6.04. The Kier molecular flexibility index (Phi) is 8.04. The van der Waals surface area contributed by atoms with Gasteiger partial charge < -0.3 is 4.74 Å². The molecule has 0 bridgehead atoms. The minimum absolute atomic E-state index is 0.0360. The van der Waals surface area contributed by atoms with Crippen LogP contribution < -0.4 is 4.74 Å². The molecule has 2 aliphatic rings. The molecule has 3 aromatic carbocycles. The minimum atomic E-state index is -4.32. The molecule has 1 spiro atoms. The summed E-state index contributed by atoms with van der Waals surface area (Å²) in [5, 5.41) is 0. The number of hydrogen-bond donors (Lipinski definition) is 0. The van der Waals surface area contributed by atoms with Gasteiger partial charge in [0.2, 0.25) is 0 Å². The molecule has 1 saturated heterocycles. The maximum Gasteiger partial charge on any atom is 0.416 e. The molecule has 1 aromatic heterocycles. The zero-order valence-electron chi connectivity index (χ0n) is 23.7. The third kappa shape index (κ3) is 7.11. The quantitative estimate of drug-likeness (QED) is 0.222. The molecule has 224 valence electrons. The molecule has 1 fully saturated rings. The molecule has 0 N–H and O–H groups in total. The highest BCUT2D eigenvalue weighted by atomic mass is 32.2. The molecule has 4 aromatic rings. The van der Waals surface area contributed by atoms with E-state index in [-0.39, 0.29) is 17.1 Å². The van der Waals surface area contributed by atoms with Crippen molar-refractivity contribution in [2.45, 2.75) is 55.5 Å². The molecule has 2 aliphatic heterocycles. The van der Waals surface area contributed by atoms with Crippen molar-refractivity contribution in [1.29, 1.82) is 0 Å². The lowest BCUT2D eigenvalue weighted by molar-refractivity contribution is -0.137. The van der Waals surface area contributed by atoms with Crippen LogP contribution >= 0.6 is 0 Å². The van der Waals surface area contributed by atoms with E-state index < -0.39 is 21.6 Å². The fraction of sp³-hybridized carbons (Fsp3) is 0.324. The first-order chi connectivity index (χ1) is 20.6. The third-order valence-electron chi connectivity index (χ3n) is 8.46. The largest absolute Gasteiger partial charge is 0.487 e. The van der Waals surface area contributed by atoms with E-state index in [2.05, 4.69) is 16.0 Å². The molecule has 0 amide bonds. The summed E-state index contributed by atoms with van der Waals surface area (Å²) in [6.45, 7) is 2.29. The van der Waals surface area contributed by atoms with Gasteiger partial charge >= 0.3 is 6.18 Å². The van der Waals surface area contributed by atoms with E-state index in [9.17, 15) is 21.6 Å². The molecule has 0 unspecified atom stereocenters. The van der Waals surface area contributed by atoms with Gasteiger partial charge in [-0.2, -0.15) is 13.2 Å². The third-order valence-corrected chi connectivity index (χ3v) is 9.97. The Bertz CT molecular complexity index is 1670. The van der Waals surface area contributed by atoms with E-state index in [1.807, 2.05) is 36.4 Å². The highest BCUT2D eigenvalue weighted by Crippen LogP contribution is 2.41. The van der Waals surface area contributed by atoms with Crippen LogP contribution in [0.5, 0.6) is 5.75 Å². The molecule has 6 rings (SSSR count). The summed E-state index contributed by atoms with van der Waals surface area (Å²) in [7, 11) is -3.34. The predicted octanol–water partition coefficient (Wildman–Crippen LogP) is 7.24. The zero-order chi connectivity index (χ0) is 30.1. The second kappa shape index (κ2) is 11.8. The molecular formula is C34H33F3N2O3S. The monoisotopic (exact) mass is 606 g/mol. The zero-order valence-corrected chi connectivity index (χ0v) is 24.5. The Labute approximate surface area is 250 Å². The molecule has 0 aliphatic carbocycles. The van der Waals surface area contributed by atoms with Gasteiger partial charge in [0.25, 0.3) is 0 Å². The van der Waals surface area contributed by atoms with Crippen molar-refractivity contribution < 1.29 is 26.3 Å². The van der Waals surface area contributed by atoms with Gasteiger partial charge in [0, 0.05) is 25.8 Å². The van der Waals surface area contributed by atoms with Crippen LogP contribution in [0.1, 0.15) is 47.2 Å². The number of sulfone groups is 1. The number of fused-ring (bicyclic) bond motifs is 1. The number of pyridine rings is 1. The highest BCUT2D eigenvalue weighted by molar-refractivity contribution is 7.89. The first-order valence-electron chi connectivity index (χ1n) is 14.5. The first-order valence-corrected chi connectivity index (χ1v) is 16.3. The van der Waals surface area contributed by atoms with Crippen molar-refractivity contribution in [3.05, 3.63) is 119 Å². The Balaban J connectivity index is 1.05. The van der Waals surface area contributed by atoms with Crippen LogP contribution in [-0.4, -0.2) is 37.0 Å². The van der Waals surface area contributed by atoms with E-state index in [4.69, 9.17) is 4.74 Å². The Morgan fingerprint density at radius 3 is 2.19 bits per heavy atom. The number of benzene rings is 3. The van der Waals surface area contributed by atoms with Gasteiger partial charge in [-0.05, 0) is 89.9 Å². The van der Waals surface area contributed by atoms with Gasteiger partial charge in [0.1, 0.15) is 11.4 Å². The summed E-state index contributed by atoms with van der Waals surface area (Å²) in [5.74, 6) is 0.786. The van der Waals surface area contributed by atoms with E-state index >= 15 is 0 Å². The van der Waals surface area contributed by atoms with Crippen LogP contribution in [0.4, 0.5) is 13.2 Å². The van der Waals surface area contributed by atoms with Gasteiger partial charge in [-0.15, -0.1) is 0 Å². The fourth-order valence-corrected chi connectivity index (χ4v) is 7.46. The van der Waals surface area contributed by atoms with Crippen molar-refractivity contribution in [2.24, 2.45) is 0 Å². The highest BCUT2D eigenvalue weighted by Gasteiger charge is 2.39. The number of likely N-dealkylation sites (tertiary alicyclic amines) is 1. The topological polar surface area (TPSA) is 59.5 Å². The van der Waals surface area contributed by atoms with Crippen LogP contribution in [0.15, 0.2) is 91.1 Å². The summed E-state index contributed by atoms with van der Waals surface area (Å²) in [6, 6.07) is 24.6. The lowest BCUT2D eigenvalue weighted by Crippen LogP contribution is -2.49. The molecule has 3 heterocycles. The number of rotatable bonds is 7.